The normalized spacial score (nSPS) is 10.6. The molecule has 0 saturated heterocycles. The van der Waals surface area contributed by atoms with Gasteiger partial charge < -0.3 is 15.0 Å². The van der Waals surface area contributed by atoms with Gasteiger partial charge in [-0.25, -0.2) is 14.8 Å². The van der Waals surface area contributed by atoms with E-state index in [1.165, 1.54) is 0 Å². The molecule has 2 N–H and O–H groups in total. The Morgan fingerprint density at radius 3 is 2.60 bits per heavy atom. The van der Waals surface area contributed by atoms with Gasteiger partial charge in [0.2, 0.25) is 5.95 Å². The minimum atomic E-state index is -0.350. The predicted octanol–water partition coefficient (Wildman–Crippen LogP) is 3.39. The number of esters is 1. The summed E-state index contributed by atoms with van der Waals surface area (Å²) in [6.07, 6.45) is 1.61. The van der Waals surface area contributed by atoms with Gasteiger partial charge in [-0.05, 0) is 31.5 Å². The fraction of sp³-hybridized carbons (Fsp3) is 0.211. The van der Waals surface area contributed by atoms with Gasteiger partial charge in [-0.15, -0.1) is 0 Å². The molecular weight excluding hydrogens is 316 g/mol. The zero-order valence-corrected chi connectivity index (χ0v) is 14.3. The maximum Gasteiger partial charge on any atom is 0.340 e. The Labute approximate surface area is 146 Å². The van der Waals surface area contributed by atoms with E-state index in [9.17, 15) is 4.79 Å². The molecule has 25 heavy (non-hydrogen) atoms. The Balaban J connectivity index is 2.26. The van der Waals surface area contributed by atoms with Crippen molar-refractivity contribution in [3.05, 3.63) is 54.2 Å². The smallest absolute Gasteiger partial charge is 0.340 e. The molecule has 3 rings (SSSR count). The summed E-state index contributed by atoms with van der Waals surface area (Å²) in [6.45, 7) is 4.81. The molecule has 0 aliphatic rings. The molecule has 128 valence electrons. The standard InChI is InChI=1S/C19H20N4O2/c1-3-23-16(15-10-11-21-19(20)22-15)12-14(18(24)25-4-2)17(23)13-8-6-5-7-9-13/h5-12H,3-4H2,1-2H3,(H2,20,21,22). The van der Waals surface area contributed by atoms with Gasteiger partial charge in [0, 0.05) is 12.7 Å². The van der Waals surface area contributed by atoms with Gasteiger partial charge in [0.05, 0.1) is 29.3 Å². The molecule has 2 heterocycles. The summed E-state index contributed by atoms with van der Waals surface area (Å²) in [5.41, 5.74) is 9.48. The number of nitrogens with zero attached hydrogens (tertiary/aromatic N) is 3. The highest BCUT2D eigenvalue weighted by Gasteiger charge is 2.23. The first kappa shape index (κ1) is 16.7. The van der Waals surface area contributed by atoms with E-state index < -0.39 is 0 Å². The third-order valence-corrected chi connectivity index (χ3v) is 3.89. The Kier molecular flexibility index (Phi) is 4.79. The van der Waals surface area contributed by atoms with Gasteiger partial charge in [-0.1, -0.05) is 30.3 Å². The number of benzene rings is 1. The van der Waals surface area contributed by atoms with Crippen LogP contribution in [0.5, 0.6) is 0 Å². The Hall–Kier alpha value is -3.15. The molecule has 0 amide bonds. The van der Waals surface area contributed by atoms with Crippen molar-refractivity contribution in [2.75, 3.05) is 12.3 Å². The topological polar surface area (TPSA) is 83.0 Å². The minimum absolute atomic E-state index is 0.195. The van der Waals surface area contributed by atoms with E-state index in [4.69, 9.17) is 10.5 Å². The second kappa shape index (κ2) is 7.17. The van der Waals surface area contributed by atoms with Crippen LogP contribution >= 0.6 is 0 Å². The average Bonchev–Trinajstić information content (AvgIpc) is 3.02. The van der Waals surface area contributed by atoms with E-state index in [0.29, 0.717) is 24.4 Å². The molecule has 0 atom stereocenters. The number of hydrogen-bond acceptors (Lipinski definition) is 5. The van der Waals surface area contributed by atoms with E-state index in [0.717, 1.165) is 17.0 Å². The lowest BCUT2D eigenvalue weighted by molar-refractivity contribution is 0.0527. The van der Waals surface area contributed by atoms with Crippen LogP contribution in [0, 0.1) is 0 Å². The monoisotopic (exact) mass is 336 g/mol. The first-order chi connectivity index (χ1) is 12.2. The number of anilines is 1. The van der Waals surface area contributed by atoms with Crippen LogP contribution in [0.1, 0.15) is 24.2 Å². The van der Waals surface area contributed by atoms with E-state index in [2.05, 4.69) is 9.97 Å². The van der Waals surface area contributed by atoms with Crippen molar-refractivity contribution in [3.63, 3.8) is 0 Å². The zero-order chi connectivity index (χ0) is 17.8. The summed E-state index contributed by atoms with van der Waals surface area (Å²) in [7, 11) is 0. The molecule has 6 nitrogen and oxygen atoms in total. The van der Waals surface area contributed by atoms with Crippen molar-refractivity contribution in [3.8, 4) is 22.6 Å². The maximum absolute atomic E-state index is 12.5. The van der Waals surface area contributed by atoms with E-state index in [-0.39, 0.29) is 11.9 Å². The lowest BCUT2D eigenvalue weighted by Crippen LogP contribution is -2.07. The largest absolute Gasteiger partial charge is 0.462 e. The number of hydrogen-bond donors (Lipinski definition) is 1. The fourth-order valence-corrected chi connectivity index (χ4v) is 2.88. The lowest BCUT2D eigenvalue weighted by atomic mass is 10.1. The van der Waals surface area contributed by atoms with Crippen LogP contribution in [0.4, 0.5) is 5.95 Å². The highest BCUT2D eigenvalue weighted by atomic mass is 16.5. The Morgan fingerprint density at radius 1 is 1.20 bits per heavy atom. The molecule has 1 aromatic carbocycles. The van der Waals surface area contributed by atoms with Crippen LogP contribution in [0.15, 0.2) is 48.7 Å². The first-order valence-corrected chi connectivity index (χ1v) is 8.20. The number of carbonyl (C=O) groups is 1. The summed E-state index contributed by atoms with van der Waals surface area (Å²) < 4.78 is 7.30. The summed E-state index contributed by atoms with van der Waals surface area (Å²) in [5.74, 6) is -0.155. The molecule has 0 bridgehead atoms. The van der Waals surface area contributed by atoms with Crippen molar-refractivity contribution in [1.82, 2.24) is 14.5 Å². The highest BCUT2D eigenvalue weighted by Crippen LogP contribution is 2.33. The predicted molar refractivity (Wildman–Crippen MR) is 96.9 cm³/mol. The quantitative estimate of drug-likeness (QED) is 0.722. The summed E-state index contributed by atoms with van der Waals surface area (Å²) in [6, 6.07) is 13.4. The van der Waals surface area contributed by atoms with Crippen molar-refractivity contribution in [2.24, 2.45) is 0 Å². The number of nitrogens with two attached hydrogens (primary N) is 1. The van der Waals surface area contributed by atoms with Crippen molar-refractivity contribution >= 4 is 11.9 Å². The summed E-state index contributed by atoms with van der Waals surface area (Å²) in [4.78, 5) is 20.8. The van der Waals surface area contributed by atoms with Crippen LogP contribution in [0.2, 0.25) is 0 Å². The molecule has 0 spiro atoms. The van der Waals surface area contributed by atoms with Crippen LogP contribution in [0.3, 0.4) is 0 Å². The van der Waals surface area contributed by atoms with Crippen molar-refractivity contribution in [2.45, 2.75) is 20.4 Å². The van der Waals surface area contributed by atoms with Crippen LogP contribution in [0.25, 0.3) is 22.6 Å². The zero-order valence-electron chi connectivity index (χ0n) is 14.3. The fourth-order valence-electron chi connectivity index (χ4n) is 2.88. The van der Waals surface area contributed by atoms with Gasteiger partial charge in [-0.3, -0.25) is 0 Å². The average molecular weight is 336 g/mol. The number of carbonyl (C=O) groups excluding carboxylic acids is 1. The molecule has 0 fully saturated rings. The highest BCUT2D eigenvalue weighted by molar-refractivity contribution is 5.98. The second-order valence-electron chi connectivity index (χ2n) is 5.42. The third-order valence-electron chi connectivity index (χ3n) is 3.89. The Morgan fingerprint density at radius 2 is 1.96 bits per heavy atom. The molecule has 3 aromatic rings. The SMILES string of the molecule is CCOC(=O)c1cc(-c2ccnc(N)n2)n(CC)c1-c1ccccc1. The van der Waals surface area contributed by atoms with Crippen LogP contribution in [-0.2, 0) is 11.3 Å². The van der Waals surface area contributed by atoms with Gasteiger partial charge >= 0.3 is 5.97 Å². The molecule has 6 heteroatoms. The summed E-state index contributed by atoms with van der Waals surface area (Å²) in [5, 5.41) is 0. The van der Waals surface area contributed by atoms with E-state index >= 15 is 0 Å². The number of nitrogen functional groups attached to an aromatic ring is 1. The van der Waals surface area contributed by atoms with Crippen LogP contribution < -0.4 is 5.73 Å². The third kappa shape index (κ3) is 3.24. The molecule has 2 aromatic heterocycles. The second-order valence-corrected chi connectivity index (χ2v) is 5.42. The molecule has 0 saturated carbocycles. The van der Waals surface area contributed by atoms with E-state index in [1.54, 1.807) is 19.2 Å². The maximum atomic E-state index is 12.5. The number of aromatic nitrogens is 3. The number of rotatable bonds is 5. The van der Waals surface area contributed by atoms with Gasteiger partial charge in [0.25, 0.3) is 0 Å². The molecule has 0 aliphatic carbocycles. The molecular formula is C19H20N4O2. The molecule has 0 unspecified atom stereocenters. The molecule has 0 radical (unpaired) electrons. The molecule has 0 aliphatic heterocycles. The first-order valence-electron chi connectivity index (χ1n) is 8.20. The van der Waals surface area contributed by atoms with Crippen LogP contribution in [-0.4, -0.2) is 27.1 Å². The van der Waals surface area contributed by atoms with E-state index in [1.807, 2.05) is 47.9 Å². The van der Waals surface area contributed by atoms with Gasteiger partial charge in [-0.2, -0.15) is 0 Å². The van der Waals surface area contributed by atoms with Gasteiger partial charge in [0.1, 0.15) is 0 Å². The Bertz CT molecular complexity index is 888. The van der Waals surface area contributed by atoms with Crippen molar-refractivity contribution < 1.29 is 9.53 Å². The van der Waals surface area contributed by atoms with Gasteiger partial charge in [0.15, 0.2) is 0 Å². The minimum Gasteiger partial charge on any atom is -0.462 e. The van der Waals surface area contributed by atoms with Crippen molar-refractivity contribution in [1.29, 1.82) is 0 Å². The lowest BCUT2D eigenvalue weighted by Gasteiger charge is -2.12. The summed E-state index contributed by atoms with van der Waals surface area (Å²) >= 11 is 0. The number of ether oxygens (including phenoxy) is 1.